The fourth-order valence-electron chi connectivity index (χ4n) is 2.78. The Kier molecular flexibility index (Phi) is 9.79. The minimum absolute atomic E-state index is 0.318. The molecule has 0 bridgehead atoms. The van der Waals surface area contributed by atoms with Crippen molar-refractivity contribution in [2.45, 2.75) is 58.3 Å². The maximum atomic E-state index is 11.9. The monoisotopic (exact) mass is 369 g/mol. The predicted octanol–water partition coefficient (Wildman–Crippen LogP) is 6.25. The number of rotatable bonds is 12. The molecule has 146 valence electrons. The molecule has 5 heteroatoms. The number of benzene rings is 1. The summed E-state index contributed by atoms with van der Waals surface area (Å²) in [5, 5.41) is 5.46. The van der Waals surface area contributed by atoms with Crippen LogP contribution in [0.25, 0.3) is 0 Å². The van der Waals surface area contributed by atoms with Crippen LogP contribution < -0.4 is 15.4 Å². The number of hydrogen-bond acceptors (Lipinski definition) is 3. The van der Waals surface area contributed by atoms with E-state index >= 15 is 0 Å². The molecule has 2 rings (SSSR count). The number of nitrogens with one attached hydrogen (secondary N) is 2. The molecule has 27 heavy (non-hydrogen) atoms. The van der Waals surface area contributed by atoms with E-state index in [1.54, 1.807) is 18.3 Å². The lowest BCUT2D eigenvalue weighted by atomic mass is 10.1. The molecule has 1 aromatic carbocycles. The van der Waals surface area contributed by atoms with Crippen molar-refractivity contribution in [3.8, 4) is 5.75 Å². The molecule has 0 saturated carbocycles. The van der Waals surface area contributed by atoms with Crippen molar-refractivity contribution >= 4 is 17.5 Å². The summed E-state index contributed by atoms with van der Waals surface area (Å²) < 4.78 is 5.77. The van der Waals surface area contributed by atoms with Crippen LogP contribution in [0.3, 0.4) is 0 Å². The standard InChI is InChI=1S/C22H31N3O2/c1-2-3-4-5-6-7-8-11-18-27-20-15-13-19(14-16-20)24-22(26)25-21-12-9-10-17-23-21/h9-10,12-17H,2-8,11,18H2,1H3,(H2,23,24,25,26). The van der Waals surface area contributed by atoms with Crippen LogP contribution >= 0.6 is 0 Å². The first-order valence-corrected chi connectivity index (χ1v) is 10.00. The van der Waals surface area contributed by atoms with Gasteiger partial charge >= 0.3 is 6.03 Å². The van der Waals surface area contributed by atoms with Crippen molar-refractivity contribution in [1.82, 2.24) is 4.98 Å². The SMILES string of the molecule is CCCCCCCCCCOc1ccc(NC(=O)Nc2ccccn2)cc1. The molecule has 0 atom stereocenters. The Bertz CT molecular complexity index is 644. The highest BCUT2D eigenvalue weighted by Gasteiger charge is 2.03. The Morgan fingerprint density at radius 1 is 0.889 bits per heavy atom. The smallest absolute Gasteiger partial charge is 0.324 e. The van der Waals surface area contributed by atoms with Crippen LogP contribution in [0.15, 0.2) is 48.7 Å². The van der Waals surface area contributed by atoms with Crippen molar-refractivity contribution in [3.63, 3.8) is 0 Å². The molecule has 0 unspecified atom stereocenters. The summed E-state index contributed by atoms with van der Waals surface area (Å²) in [5.41, 5.74) is 0.711. The molecule has 0 fully saturated rings. The molecule has 0 spiro atoms. The van der Waals surface area contributed by atoms with Gasteiger partial charge in [-0.3, -0.25) is 5.32 Å². The zero-order valence-corrected chi connectivity index (χ0v) is 16.2. The van der Waals surface area contributed by atoms with E-state index in [2.05, 4.69) is 22.5 Å². The van der Waals surface area contributed by atoms with Gasteiger partial charge in [0.1, 0.15) is 11.6 Å². The summed E-state index contributed by atoms with van der Waals surface area (Å²) in [6, 6.07) is 12.5. The first kappa shape index (κ1) is 20.7. The molecular formula is C22H31N3O2. The Morgan fingerprint density at radius 3 is 2.26 bits per heavy atom. The zero-order valence-electron chi connectivity index (χ0n) is 16.2. The van der Waals surface area contributed by atoms with Gasteiger partial charge in [0.15, 0.2) is 0 Å². The minimum Gasteiger partial charge on any atom is -0.494 e. The molecule has 1 aromatic heterocycles. The summed E-state index contributed by atoms with van der Waals surface area (Å²) in [6.07, 6.45) is 12.0. The maximum absolute atomic E-state index is 11.9. The van der Waals surface area contributed by atoms with Crippen molar-refractivity contribution in [1.29, 1.82) is 0 Å². The van der Waals surface area contributed by atoms with Gasteiger partial charge in [-0.15, -0.1) is 0 Å². The van der Waals surface area contributed by atoms with Gasteiger partial charge in [0.2, 0.25) is 0 Å². The summed E-state index contributed by atoms with van der Waals surface area (Å²) in [4.78, 5) is 16.0. The maximum Gasteiger partial charge on any atom is 0.324 e. The first-order valence-electron chi connectivity index (χ1n) is 10.00. The molecule has 5 nitrogen and oxygen atoms in total. The van der Waals surface area contributed by atoms with Crippen LogP contribution in [0, 0.1) is 0 Å². The van der Waals surface area contributed by atoms with Crippen molar-refractivity contribution < 1.29 is 9.53 Å². The van der Waals surface area contributed by atoms with Gasteiger partial charge in [-0.25, -0.2) is 9.78 Å². The average molecular weight is 370 g/mol. The largest absolute Gasteiger partial charge is 0.494 e. The van der Waals surface area contributed by atoms with Gasteiger partial charge in [-0.05, 0) is 42.8 Å². The topological polar surface area (TPSA) is 63.2 Å². The summed E-state index contributed by atoms with van der Waals surface area (Å²) in [7, 11) is 0. The number of carbonyl (C=O) groups is 1. The number of carbonyl (C=O) groups excluding carboxylic acids is 1. The molecule has 2 amide bonds. The molecule has 0 aliphatic heterocycles. The Balaban J connectivity index is 1.59. The molecule has 2 N–H and O–H groups in total. The third kappa shape index (κ3) is 9.08. The summed E-state index contributed by atoms with van der Waals surface area (Å²) in [6.45, 7) is 2.98. The van der Waals surface area contributed by atoms with Crippen LogP contribution in [-0.2, 0) is 0 Å². The normalized spacial score (nSPS) is 10.4. The predicted molar refractivity (Wildman–Crippen MR) is 111 cm³/mol. The second-order valence-electron chi connectivity index (χ2n) is 6.64. The van der Waals surface area contributed by atoms with Gasteiger partial charge in [0.25, 0.3) is 0 Å². The van der Waals surface area contributed by atoms with Crippen LogP contribution in [0.1, 0.15) is 58.3 Å². The molecular weight excluding hydrogens is 338 g/mol. The Morgan fingerprint density at radius 2 is 1.59 bits per heavy atom. The molecule has 2 aromatic rings. The number of urea groups is 1. The minimum atomic E-state index is -0.318. The highest BCUT2D eigenvalue weighted by Crippen LogP contribution is 2.17. The van der Waals surface area contributed by atoms with Gasteiger partial charge in [0, 0.05) is 11.9 Å². The van der Waals surface area contributed by atoms with Crippen molar-refractivity contribution in [3.05, 3.63) is 48.7 Å². The van der Waals surface area contributed by atoms with Gasteiger partial charge < -0.3 is 10.1 Å². The van der Waals surface area contributed by atoms with Gasteiger partial charge in [-0.2, -0.15) is 0 Å². The molecule has 1 heterocycles. The fourth-order valence-corrected chi connectivity index (χ4v) is 2.78. The lowest BCUT2D eigenvalue weighted by molar-refractivity contribution is 0.262. The second-order valence-corrected chi connectivity index (χ2v) is 6.64. The van der Waals surface area contributed by atoms with E-state index in [9.17, 15) is 4.79 Å². The van der Waals surface area contributed by atoms with Crippen LogP contribution in [-0.4, -0.2) is 17.6 Å². The number of anilines is 2. The van der Waals surface area contributed by atoms with E-state index in [0.29, 0.717) is 11.5 Å². The molecule has 0 radical (unpaired) electrons. The van der Waals surface area contributed by atoms with Gasteiger partial charge in [0.05, 0.1) is 6.61 Å². The second kappa shape index (κ2) is 12.7. The molecule has 0 aliphatic carbocycles. The number of amides is 2. The van der Waals surface area contributed by atoms with E-state index in [0.717, 1.165) is 18.8 Å². The lowest BCUT2D eigenvalue weighted by Crippen LogP contribution is -2.19. The summed E-state index contributed by atoms with van der Waals surface area (Å²) >= 11 is 0. The number of ether oxygens (including phenoxy) is 1. The third-order valence-electron chi connectivity index (χ3n) is 4.29. The third-order valence-corrected chi connectivity index (χ3v) is 4.29. The van der Waals surface area contributed by atoms with E-state index in [-0.39, 0.29) is 6.03 Å². The number of aromatic nitrogens is 1. The van der Waals surface area contributed by atoms with E-state index < -0.39 is 0 Å². The molecule has 0 saturated heterocycles. The molecule has 0 aliphatic rings. The zero-order chi connectivity index (χ0) is 19.2. The van der Waals surface area contributed by atoms with Crippen LogP contribution in [0.5, 0.6) is 5.75 Å². The van der Waals surface area contributed by atoms with Crippen LogP contribution in [0.2, 0.25) is 0 Å². The van der Waals surface area contributed by atoms with Gasteiger partial charge in [-0.1, -0.05) is 57.9 Å². The van der Waals surface area contributed by atoms with E-state index in [1.807, 2.05) is 30.3 Å². The Hall–Kier alpha value is -2.56. The van der Waals surface area contributed by atoms with E-state index in [1.165, 1.54) is 44.9 Å². The quantitative estimate of drug-likeness (QED) is 0.435. The fraction of sp³-hybridized carbons (Fsp3) is 0.455. The average Bonchev–Trinajstić information content (AvgIpc) is 2.68. The lowest BCUT2D eigenvalue weighted by Gasteiger charge is -2.09. The first-order chi connectivity index (χ1) is 13.3. The van der Waals surface area contributed by atoms with Crippen molar-refractivity contribution in [2.75, 3.05) is 17.2 Å². The number of nitrogens with zero attached hydrogens (tertiary/aromatic N) is 1. The summed E-state index contributed by atoms with van der Waals surface area (Å²) in [5.74, 6) is 1.34. The number of pyridine rings is 1. The Labute approximate surface area is 162 Å². The van der Waals surface area contributed by atoms with Crippen LogP contribution in [0.4, 0.5) is 16.3 Å². The number of unbranched alkanes of at least 4 members (excludes halogenated alkanes) is 7. The highest BCUT2D eigenvalue weighted by atomic mass is 16.5. The highest BCUT2D eigenvalue weighted by molar-refractivity contribution is 5.99. The van der Waals surface area contributed by atoms with Crippen molar-refractivity contribution in [2.24, 2.45) is 0 Å². The van der Waals surface area contributed by atoms with E-state index in [4.69, 9.17) is 4.74 Å². The number of hydrogen-bond donors (Lipinski definition) is 2.